The summed E-state index contributed by atoms with van der Waals surface area (Å²) in [6.07, 6.45) is 15.6. The third kappa shape index (κ3) is 7.17. The van der Waals surface area contributed by atoms with Crippen LogP contribution >= 0.6 is 0 Å². The third-order valence-corrected chi connectivity index (χ3v) is 6.83. The molecule has 1 aromatic heterocycles. The molecule has 1 atom stereocenters. The Balaban J connectivity index is 1.28. The SMILES string of the molecule is O=C(CCC1CCCOCC1)Oc1cccc(C2=CCCC/C=C\C(Nc3ccc4[nH]ncc4c3)=N2)c1. The molecular weight excluding hydrogens is 464 g/mol. The monoisotopic (exact) mass is 498 g/mol. The van der Waals surface area contributed by atoms with Crippen LogP contribution in [-0.2, 0) is 9.53 Å². The molecule has 3 aromatic rings. The fraction of sp³-hybridized carbons (Fsp3) is 0.367. The molecule has 0 bridgehead atoms. The summed E-state index contributed by atoms with van der Waals surface area (Å²) in [6, 6.07) is 13.7. The molecule has 0 saturated carbocycles. The first-order valence-corrected chi connectivity index (χ1v) is 13.3. The van der Waals surface area contributed by atoms with E-state index in [4.69, 9.17) is 14.5 Å². The van der Waals surface area contributed by atoms with Gasteiger partial charge in [0, 0.05) is 36.3 Å². The van der Waals surface area contributed by atoms with Crippen molar-refractivity contribution < 1.29 is 14.3 Å². The van der Waals surface area contributed by atoms with Crippen molar-refractivity contribution >= 4 is 34.1 Å². The van der Waals surface area contributed by atoms with Gasteiger partial charge in [-0.2, -0.15) is 5.10 Å². The van der Waals surface area contributed by atoms with Crippen LogP contribution in [0, 0.1) is 5.92 Å². The Morgan fingerprint density at radius 2 is 2.08 bits per heavy atom. The lowest BCUT2D eigenvalue weighted by molar-refractivity contribution is -0.134. The fourth-order valence-electron chi connectivity index (χ4n) is 4.79. The number of H-pyrrole nitrogens is 1. The number of benzene rings is 2. The summed E-state index contributed by atoms with van der Waals surface area (Å²) >= 11 is 0. The summed E-state index contributed by atoms with van der Waals surface area (Å²) in [4.78, 5) is 17.5. The first kappa shape index (κ1) is 25.0. The number of ether oxygens (including phenoxy) is 2. The molecule has 0 radical (unpaired) electrons. The van der Waals surface area contributed by atoms with E-state index >= 15 is 0 Å². The van der Waals surface area contributed by atoms with Crippen molar-refractivity contribution in [3.63, 3.8) is 0 Å². The molecule has 2 N–H and O–H groups in total. The average Bonchev–Trinajstić information content (AvgIpc) is 3.27. The van der Waals surface area contributed by atoms with Crippen LogP contribution in [0.2, 0.25) is 0 Å². The van der Waals surface area contributed by atoms with E-state index in [1.165, 1.54) is 0 Å². The van der Waals surface area contributed by atoms with Crippen LogP contribution in [0.25, 0.3) is 16.6 Å². The molecule has 1 fully saturated rings. The molecule has 0 aliphatic carbocycles. The topological polar surface area (TPSA) is 88.6 Å². The number of nitrogens with zero attached hydrogens (tertiary/aromatic N) is 2. The number of aromatic nitrogens is 2. The summed E-state index contributed by atoms with van der Waals surface area (Å²) in [6.45, 7) is 1.63. The minimum atomic E-state index is -0.186. The molecule has 2 aliphatic rings. The number of hydrogen-bond acceptors (Lipinski definition) is 6. The number of nitrogens with one attached hydrogen (secondary N) is 2. The van der Waals surface area contributed by atoms with Gasteiger partial charge >= 0.3 is 5.97 Å². The smallest absolute Gasteiger partial charge is 0.311 e. The van der Waals surface area contributed by atoms with Gasteiger partial charge in [-0.15, -0.1) is 0 Å². The Kier molecular flexibility index (Phi) is 8.43. The zero-order valence-electron chi connectivity index (χ0n) is 21.1. The van der Waals surface area contributed by atoms with E-state index in [2.05, 4.69) is 27.7 Å². The van der Waals surface area contributed by atoms with Gasteiger partial charge in [0.1, 0.15) is 11.6 Å². The molecule has 2 aliphatic heterocycles. The van der Waals surface area contributed by atoms with Gasteiger partial charge in [-0.05, 0) is 87.3 Å². The van der Waals surface area contributed by atoms with Crippen LogP contribution in [0.4, 0.5) is 5.69 Å². The number of allylic oxidation sites excluding steroid dienone is 2. The highest BCUT2D eigenvalue weighted by Crippen LogP contribution is 2.26. The maximum atomic E-state index is 12.6. The van der Waals surface area contributed by atoms with Gasteiger partial charge in [0.15, 0.2) is 0 Å². The van der Waals surface area contributed by atoms with Crippen LogP contribution in [0.5, 0.6) is 5.75 Å². The van der Waals surface area contributed by atoms with Crippen LogP contribution in [0.15, 0.2) is 71.9 Å². The largest absolute Gasteiger partial charge is 0.427 e. The first-order chi connectivity index (χ1) is 18.2. The lowest BCUT2D eigenvalue weighted by Gasteiger charge is -2.13. The van der Waals surface area contributed by atoms with Crippen LogP contribution in [0.1, 0.15) is 56.9 Å². The molecule has 1 unspecified atom stereocenters. The van der Waals surface area contributed by atoms with E-state index in [9.17, 15) is 4.79 Å². The molecular formula is C30H34N4O3. The Hall–Kier alpha value is -3.71. The van der Waals surface area contributed by atoms with Gasteiger partial charge in [-0.3, -0.25) is 9.89 Å². The second kappa shape index (κ2) is 12.5. The minimum Gasteiger partial charge on any atom is -0.427 e. The van der Waals surface area contributed by atoms with Crippen molar-refractivity contribution in [2.75, 3.05) is 18.5 Å². The van der Waals surface area contributed by atoms with E-state index in [1.54, 1.807) is 0 Å². The lowest BCUT2D eigenvalue weighted by atomic mass is 9.95. The van der Waals surface area contributed by atoms with E-state index in [0.717, 1.165) is 91.8 Å². The molecule has 7 heteroatoms. The number of aromatic amines is 1. The van der Waals surface area contributed by atoms with Gasteiger partial charge in [0.25, 0.3) is 0 Å². The summed E-state index contributed by atoms with van der Waals surface area (Å²) < 4.78 is 11.3. The van der Waals surface area contributed by atoms with Gasteiger partial charge < -0.3 is 14.8 Å². The van der Waals surface area contributed by atoms with Crippen LogP contribution in [-0.4, -0.2) is 35.2 Å². The van der Waals surface area contributed by atoms with Crippen molar-refractivity contribution in [2.24, 2.45) is 10.9 Å². The molecule has 192 valence electrons. The first-order valence-electron chi connectivity index (χ1n) is 13.3. The predicted molar refractivity (Wildman–Crippen MR) is 148 cm³/mol. The number of aliphatic imine (C=N–C) groups is 1. The van der Waals surface area contributed by atoms with Crippen molar-refractivity contribution in [1.82, 2.24) is 10.2 Å². The Morgan fingerprint density at radius 1 is 1.11 bits per heavy atom. The quantitative estimate of drug-likeness (QED) is 0.293. The van der Waals surface area contributed by atoms with Crippen molar-refractivity contribution in [3.8, 4) is 5.75 Å². The molecule has 0 amide bonds. The Bertz CT molecular complexity index is 1300. The summed E-state index contributed by atoms with van der Waals surface area (Å²) in [7, 11) is 0. The van der Waals surface area contributed by atoms with E-state index in [1.807, 2.05) is 54.7 Å². The Morgan fingerprint density at radius 3 is 3.05 bits per heavy atom. The summed E-state index contributed by atoms with van der Waals surface area (Å²) in [5, 5.41) is 11.6. The van der Waals surface area contributed by atoms with E-state index in [-0.39, 0.29) is 5.97 Å². The van der Waals surface area contributed by atoms with Gasteiger partial charge in [0.2, 0.25) is 0 Å². The second-order valence-corrected chi connectivity index (χ2v) is 9.67. The molecule has 5 rings (SSSR count). The number of amidine groups is 1. The second-order valence-electron chi connectivity index (χ2n) is 9.67. The highest BCUT2D eigenvalue weighted by Gasteiger charge is 2.15. The van der Waals surface area contributed by atoms with E-state index in [0.29, 0.717) is 18.1 Å². The zero-order chi connectivity index (χ0) is 25.3. The standard InChI is InChI=1S/C30H34N4O3/c35-30(15-12-22-7-6-17-36-18-16-22)37-26-9-5-8-23(20-26)27-10-3-1-2-4-11-29(33-27)32-25-13-14-28-24(19-25)21-31-34-28/h4-5,8-11,13-14,19-22H,1-3,6-7,12,15-18H2,(H,31,34)(H,32,33)/b11-4-,27-10?. The highest BCUT2D eigenvalue weighted by molar-refractivity contribution is 6.07. The molecule has 1 saturated heterocycles. The summed E-state index contributed by atoms with van der Waals surface area (Å²) in [5.41, 5.74) is 3.72. The normalized spacial score (nSPS) is 19.5. The number of carbonyl (C=O) groups is 1. The number of carbonyl (C=O) groups excluding carboxylic acids is 1. The zero-order valence-corrected chi connectivity index (χ0v) is 21.1. The Labute approximate surface area is 217 Å². The maximum Gasteiger partial charge on any atom is 0.311 e. The molecule has 2 aromatic carbocycles. The molecule has 37 heavy (non-hydrogen) atoms. The highest BCUT2D eigenvalue weighted by atomic mass is 16.5. The van der Waals surface area contributed by atoms with Gasteiger partial charge in [-0.1, -0.05) is 24.3 Å². The molecule has 3 heterocycles. The van der Waals surface area contributed by atoms with E-state index < -0.39 is 0 Å². The fourth-order valence-corrected chi connectivity index (χ4v) is 4.79. The minimum absolute atomic E-state index is 0.186. The molecule has 7 nitrogen and oxygen atoms in total. The van der Waals surface area contributed by atoms with Crippen molar-refractivity contribution in [3.05, 3.63) is 72.5 Å². The maximum absolute atomic E-state index is 12.6. The number of anilines is 1. The van der Waals surface area contributed by atoms with Gasteiger partial charge in [0.05, 0.1) is 17.4 Å². The van der Waals surface area contributed by atoms with Crippen molar-refractivity contribution in [1.29, 1.82) is 0 Å². The third-order valence-electron chi connectivity index (χ3n) is 6.83. The average molecular weight is 499 g/mol. The number of fused-ring (bicyclic) bond motifs is 1. The molecule has 0 spiro atoms. The number of esters is 1. The van der Waals surface area contributed by atoms with Crippen LogP contribution in [0.3, 0.4) is 0 Å². The predicted octanol–water partition coefficient (Wildman–Crippen LogP) is 6.66. The van der Waals surface area contributed by atoms with Crippen molar-refractivity contribution in [2.45, 2.75) is 51.4 Å². The van der Waals surface area contributed by atoms with Crippen LogP contribution < -0.4 is 10.1 Å². The summed E-state index contributed by atoms with van der Waals surface area (Å²) in [5.74, 6) is 1.66. The number of rotatable bonds is 6. The van der Waals surface area contributed by atoms with Gasteiger partial charge in [-0.25, -0.2) is 4.99 Å². The number of hydrogen-bond donors (Lipinski definition) is 2. The lowest BCUT2D eigenvalue weighted by Crippen LogP contribution is -2.11.